The van der Waals surface area contributed by atoms with Crippen LogP contribution in [0.4, 0.5) is 11.4 Å². The van der Waals surface area contributed by atoms with Gasteiger partial charge in [-0.3, -0.25) is 9.59 Å². The molecule has 2 N–H and O–H groups in total. The Balaban J connectivity index is 1.85. The first-order valence-electron chi connectivity index (χ1n) is 9.07. The molecule has 1 heterocycles. The van der Waals surface area contributed by atoms with Crippen LogP contribution in [0.15, 0.2) is 48.5 Å². The SMILES string of the molecule is CC(=O)Nc1ccc(NC(=O)c2nnn(-c3ccc(C)cc3)c2C(C)C)cc1. The van der Waals surface area contributed by atoms with Crippen LogP contribution in [-0.2, 0) is 4.79 Å². The number of amides is 2. The molecule has 0 saturated heterocycles. The van der Waals surface area contributed by atoms with Crippen molar-refractivity contribution >= 4 is 23.2 Å². The zero-order valence-corrected chi connectivity index (χ0v) is 16.4. The lowest BCUT2D eigenvalue weighted by Gasteiger charge is -2.11. The topological polar surface area (TPSA) is 88.9 Å². The monoisotopic (exact) mass is 377 g/mol. The zero-order chi connectivity index (χ0) is 20.3. The Morgan fingerprint density at radius 3 is 2.04 bits per heavy atom. The van der Waals surface area contributed by atoms with E-state index in [1.807, 2.05) is 45.0 Å². The van der Waals surface area contributed by atoms with Gasteiger partial charge in [0.2, 0.25) is 5.91 Å². The minimum Gasteiger partial charge on any atom is -0.326 e. The third-order valence-corrected chi connectivity index (χ3v) is 4.21. The van der Waals surface area contributed by atoms with Gasteiger partial charge in [-0.15, -0.1) is 5.10 Å². The van der Waals surface area contributed by atoms with Gasteiger partial charge in [0.05, 0.1) is 11.4 Å². The molecule has 3 aromatic rings. The van der Waals surface area contributed by atoms with Crippen LogP contribution in [0.3, 0.4) is 0 Å². The summed E-state index contributed by atoms with van der Waals surface area (Å²) in [7, 11) is 0. The average molecular weight is 377 g/mol. The maximum Gasteiger partial charge on any atom is 0.278 e. The van der Waals surface area contributed by atoms with E-state index >= 15 is 0 Å². The van der Waals surface area contributed by atoms with Gasteiger partial charge in [0.25, 0.3) is 5.91 Å². The largest absolute Gasteiger partial charge is 0.326 e. The van der Waals surface area contributed by atoms with E-state index in [2.05, 4.69) is 20.9 Å². The molecule has 1 aromatic heterocycles. The molecule has 0 aliphatic heterocycles. The van der Waals surface area contributed by atoms with Crippen molar-refractivity contribution < 1.29 is 9.59 Å². The van der Waals surface area contributed by atoms with Crippen LogP contribution in [0.2, 0.25) is 0 Å². The Bertz CT molecular complexity index is 989. The van der Waals surface area contributed by atoms with Crippen molar-refractivity contribution in [1.82, 2.24) is 15.0 Å². The standard InChI is InChI=1S/C21H23N5O2/c1-13(2)20-19(24-25-26(20)18-11-5-14(3)6-12-18)21(28)23-17-9-7-16(8-10-17)22-15(4)27/h5-13H,1-4H3,(H,22,27)(H,23,28). The van der Waals surface area contributed by atoms with Crippen LogP contribution in [0.25, 0.3) is 5.69 Å². The van der Waals surface area contributed by atoms with E-state index in [1.165, 1.54) is 6.92 Å². The molecule has 7 nitrogen and oxygen atoms in total. The maximum atomic E-state index is 12.8. The lowest BCUT2D eigenvalue weighted by Crippen LogP contribution is -2.16. The van der Waals surface area contributed by atoms with Gasteiger partial charge in [-0.1, -0.05) is 36.8 Å². The number of carbonyl (C=O) groups is 2. The lowest BCUT2D eigenvalue weighted by atomic mass is 10.1. The molecule has 0 aliphatic rings. The lowest BCUT2D eigenvalue weighted by molar-refractivity contribution is -0.114. The first-order chi connectivity index (χ1) is 13.3. The maximum absolute atomic E-state index is 12.8. The van der Waals surface area contributed by atoms with Crippen LogP contribution >= 0.6 is 0 Å². The van der Waals surface area contributed by atoms with Crippen molar-refractivity contribution in [3.05, 3.63) is 65.5 Å². The quantitative estimate of drug-likeness (QED) is 0.705. The molecule has 0 radical (unpaired) electrons. The molecule has 0 unspecified atom stereocenters. The molecule has 0 aliphatic carbocycles. The third kappa shape index (κ3) is 4.25. The normalized spacial score (nSPS) is 10.8. The van der Waals surface area contributed by atoms with Crippen LogP contribution in [-0.4, -0.2) is 26.8 Å². The third-order valence-electron chi connectivity index (χ3n) is 4.21. The molecule has 7 heteroatoms. The number of hydrogen-bond acceptors (Lipinski definition) is 4. The Hall–Kier alpha value is -3.48. The van der Waals surface area contributed by atoms with E-state index in [-0.39, 0.29) is 17.7 Å². The fourth-order valence-corrected chi connectivity index (χ4v) is 2.88. The Labute approximate surface area is 163 Å². The molecular formula is C21H23N5O2. The highest BCUT2D eigenvalue weighted by Crippen LogP contribution is 2.23. The van der Waals surface area contributed by atoms with Crippen molar-refractivity contribution in [2.24, 2.45) is 0 Å². The van der Waals surface area contributed by atoms with Crippen LogP contribution < -0.4 is 10.6 Å². The molecule has 2 aromatic carbocycles. The van der Waals surface area contributed by atoms with E-state index < -0.39 is 0 Å². The summed E-state index contributed by atoms with van der Waals surface area (Å²) in [5, 5.41) is 13.9. The second kappa shape index (κ2) is 8.04. The first kappa shape index (κ1) is 19.3. The van der Waals surface area contributed by atoms with Crippen molar-refractivity contribution in [2.45, 2.75) is 33.6 Å². The van der Waals surface area contributed by atoms with Crippen LogP contribution in [0.5, 0.6) is 0 Å². The van der Waals surface area contributed by atoms with Gasteiger partial charge in [-0.25, -0.2) is 4.68 Å². The van der Waals surface area contributed by atoms with E-state index in [0.717, 1.165) is 16.9 Å². The molecule has 3 rings (SSSR count). The number of carbonyl (C=O) groups excluding carboxylic acids is 2. The predicted octanol–water partition coefficient (Wildman–Crippen LogP) is 3.91. The van der Waals surface area contributed by atoms with Crippen molar-refractivity contribution in [1.29, 1.82) is 0 Å². The average Bonchev–Trinajstić information content (AvgIpc) is 3.09. The fraction of sp³-hybridized carbons (Fsp3) is 0.238. The summed E-state index contributed by atoms with van der Waals surface area (Å²) in [6.45, 7) is 7.47. The summed E-state index contributed by atoms with van der Waals surface area (Å²) >= 11 is 0. The highest BCUT2D eigenvalue weighted by atomic mass is 16.2. The smallest absolute Gasteiger partial charge is 0.278 e. The number of benzene rings is 2. The van der Waals surface area contributed by atoms with Gasteiger partial charge in [-0.2, -0.15) is 0 Å². The minimum atomic E-state index is -0.325. The Morgan fingerprint density at radius 2 is 1.50 bits per heavy atom. The van der Waals surface area contributed by atoms with Gasteiger partial charge in [0.15, 0.2) is 5.69 Å². The predicted molar refractivity (Wildman–Crippen MR) is 109 cm³/mol. The van der Waals surface area contributed by atoms with E-state index in [1.54, 1.807) is 28.9 Å². The summed E-state index contributed by atoms with van der Waals surface area (Å²) in [5.74, 6) is -0.417. The number of rotatable bonds is 5. The summed E-state index contributed by atoms with van der Waals surface area (Å²) in [6.07, 6.45) is 0. The zero-order valence-electron chi connectivity index (χ0n) is 16.4. The summed E-state index contributed by atoms with van der Waals surface area (Å²) in [5.41, 5.74) is 4.33. The van der Waals surface area contributed by atoms with Gasteiger partial charge < -0.3 is 10.6 Å². The van der Waals surface area contributed by atoms with Gasteiger partial charge >= 0.3 is 0 Å². The minimum absolute atomic E-state index is 0.0548. The molecule has 0 spiro atoms. The van der Waals surface area contributed by atoms with Crippen LogP contribution in [0, 0.1) is 6.92 Å². The highest BCUT2D eigenvalue weighted by Gasteiger charge is 2.23. The van der Waals surface area contributed by atoms with E-state index in [4.69, 9.17) is 0 Å². The van der Waals surface area contributed by atoms with Gasteiger partial charge in [0, 0.05) is 18.3 Å². The molecule has 0 saturated carbocycles. The van der Waals surface area contributed by atoms with Gasteiger partial charge in [-0.05, 0) is 49.2 Å². The number of aryl methyl sites for hydroxylation is 1. The van der Waals surface area contributed by atoms with Crippen molar-refractivity contribution in [3.63, 3.8) is 0 Å². The number of anilines is 2. The number of aromatic nitrogens is 3. The molecule has 144 valence electrons. The molecule has 0 fully saturated rings. The second-order valence-corrected chi connectivity index (χ2v) is 6.94. The van der Waals surface area contributed by atoms with E-state index in [0.29, 0.717) is 17.1 Å². The van der Waals surface area contributed by atoms with Gasteiger partial charge in [0.1, 0.15) is 0 Å². The summed E-state index contributed by atoms with van der Waals surface area (Å²) in [4.78, 5) is 23.9. The number of nitrogens with one attached hydrogen (secondary N) is 2. The molecular weight excluding hydrogens is 354 g/mol. The molecule has 0 bridgehead atoms. The number of hydrogen-bond donors (Lipinski definition) is 2. The Kier molecular flexibility index (Phi) is 5.54. The second-order valence-electron chi connectivity index (χ2n) is 6.94. The first-order valence-corrected chi connectivity index (χ1v) is 9.07. The molecule has 0 atom stereocenters. The Morgan fingerprint density at radius 1 is 0.929 bits per heavy atom. The fourth-order valence-electron chi connectivity index (χ4n) is 2.88. The molecule has 28 heavy (non-hydrogen) atoms. The van der Waals surface area contributed by atoms with Crippen molar-refractivity contribution in [2.75, 3.05) is 10.6 Å². The summed E-state index contributed by atoms with van der Waals surface area (Å²) < 4.78 is 1.71. The number of nitrogens with zero attached hydrogens (tertiary/aromatic N) is 3. The van der Waals surface area contributed by atoms with E-state index in [9.17, 15) is 9.59 Å². The highest BCUT2D eigenvalue weighted by molar-refractivity contribution is 6.04. The van der Waals surface area contributed by atoms with Crippen LogP contribution in [0.1, 0.15) is 48.4 Å². The van der Waals surface area contributed by atoms with Crippen molar-refractivity contribution in [3.8, 4) is 5.69 Å². The summed E-state index contributed by atoms with van der Waals surface area (Å²) in [6, 6.07) is 14.8. The molecule has 2 amide bonds.